The molecule has 3 unspecified atom stereocenters. The fourth-order valence-electron chi connectivity index (χ4n) is 2.96. The van der Waals surface area contributed by atoms with E-state index in [-0.39, 0.29) is 6.10 Å². The molecule has 2 rings (SSSR count). The molecule has 1 aliphatic rings. The molecule has 4 N–H and O–H groups in total. The summed E-state index contributed by atoms with van der Waals surface area (Å²) in [5, 5.41) is 0. The molecule has 0 saturated carbocycles. The molecule has 0 bridgehead atoms. The van der Waals surface area contributed by atoms with Crippen molar-refractivity contribution in [3.8, 4) is 0 Å². The summed E-state index contributed by atoms with van der Waals surface area (Å²) in [4.78, 5) is 14.1. The van der Waals surface area contributed by atoms with E-state index in [1.807, 2.05) is 37.4 Å². The normalized spacial score (nSPS) is 25.0. The number of carbonyl (C=O) groups excluding carboxylic acids is 1. The molecule has 5 heteroatoms. The second-order valence-electron chi connectivity index (χ2n) is 5.86. The zero-order valence-electron chi connectivity index (χ0n) is 12.8. The van der Waals surface area contributed by atoms with Gasteiger partial charge < -0.3 is 21.1 Å². The van der Waals surface area contributed by atoms with Crippen LogP contribution < -0.4 is 11.5 Å². The molecule has 0 aromatic heterocycles. The number of primary amides is 1. The van der Waals surface area contributed by atoms with Gasteiger partial charge in [-0.3, -0.25) is 4.79 Å². The zero-order chi connectivity index (χ0) is 15.5. The average molecular weight is 291 g/mol. The van der Waals surface area contributed by atoms with Crippen LogP contribution in [0.2, 0.25) is 0 Å². The highest BCUT2D eigenvalue weighted by molar-refractivity contribution is 5.85. The van der Waals surface area contributed by atoms with E-state index in [0.717, 1.165) is 18.6 Å². The van der Waals surface area contributed by atoms with Gasteiger partial charge in [0.15, 0.2) is 0 Å². The lowest BCUT2D eigenvalue weighted by atomic mass is 9.86. The lowest BCUT2D eigenvalue weighted by molar-refractivity contribution is -0.123. The van der Waals surface area contributed by atoms with Crippen molar-refractivity contribution in [2.75, 3.05) is 20.2 Å². The van der Waals surface area contributed by atoms with Crippen LogP contribution in [0.5, 0.6) is 0 Å². The number of ether oxygens (including phenoxy) is 1. The quantitative estimate of drug-likeness (QED) is 0.813. The number of likely N-dealkylation sites (N-methyl/N-ethyl adjacent to an activating group) is 1. The molecule has 1 heterocycles. The van der Waals surface area contributed by atoms with Crippen LogP contribution in [0.3, 0.4) is 0 Å². The summed E-state index contributed by atoms with van der Waals surface area (Å²) >= 11 is 0. The van der Waals surface area contributed by atoms with E-state index in [1.54, 1.807) is 0 Å². The molecule has 5 nitrogen and oxygen atoms in total. The van der Waals surface area contributed by atoms with Crippen molar-refractivity contribution in [1.82, 2.24) is 4.90 Å². The number of benzene rings is 1. The molecule has 1 aliphatic heterocycles. The third-order valence-electron chi connectivity index (χ3n) is 4.49. The van der Waals surface area contributed by atoms with E-state index in [4.69, 9.17) is 16.2 Å². The predicted molar refractivity (Wildman–Crippen MR) is 82.6 cm³/mol. The maximum atomic E-state index is 11.9. The van der Waals surface area contributed by atoms with Crippen molar-refractivity contribution in [3.63, 3.8) is 0 Å². The van der Waals surface area contributed by atoms with Crippen LogP contribution in [-0.4, -0.2) is 43.2 Å². The number of nitrogens with two attached hydrogens (primary N) is 2. The lowest BCUT2D eigenvalue weighted by Gasteiger charge is -2.32. The second kappa shape index (κ2) is 6.56. The van der Waals surface area contributed by atoms with Gasteiger partial charge in [-0.25, -0.2) is 0 Å². The molecular formula is C16H25N3O2. The van der Waals surface area contributed by atoms with Gasteiger partial charge in [0.25, 0.3) is 0 Å². The third-order valence-corrected chi connectivity index (χ3v) is 4.49. The van der Waals surface area contributed by atoms with E-state index >= 15 is 0 Å². The Morgan fingerprint density at radius 2 is 2.10 bits per heavy atom. The molecule has 1 amide bonds. The minimum atomic E-state index is -1.13. The topological polar surface area (TPSA) is 81.6 Å². The van der Waals surface area contributed by atoms with Crippen LogP contribution in [0.4, 0.5) is 0 Å². The van der Waals surface area contributed by atoms with Gasteiger partial charge >= 0.3 is 0 Å². The summed E-state index contributed by atoms with van der Waals surface area (Å²) in [6.07, 6.45) is 1.72. The van der Waals surface area contributed by atoms with Crippen LogP contribution in [-0.2, 0) is 15.1 Å². The highest BCUT2D eigenvalue weighted by atomic mass is 16.5. The van der Waals surface area contributed by atoms with Crippen molar-refractivity contribution in [1.29, 1.82) is 0 Å². The summed E-state index contributed by atoms with van der Waals surface area (Å²) < 4.78 is 5.59. The van der Waals surface area contributed by atoms with Gasteiger partial charge in [-0.1, -0.05) is 30.3 Å². The van der Waals surface area contributed by atoms with Gasteiger partial charge in [0.05, 0.1) is 6.10 Å². The number of carbonyl (C=O) groups is 1. The number of nitrogens with zero attached hydrogens (tertiary/aromatic N) is 1. The first kappa shape index (κ1) is 15.9. The maximum absolute atomic E-state index is 11.9. The van der Waals surface area contributed by atoms with Crippen molar-refractivity contribution in [3.05, 3.63) is 35.9 Å². The standard InChI is InChI=1S/C16H25N3O2/c1-12-14(8-11-21-12)19(2)10-9-16(18,15(17)20)13-6-4-3-5-7-13/h3-7,12,14H,8-11,18H2,1-2H3,(H2,17,20). The van der Waals surface area contributed by atoms with Crippen molar-refractivity contribution in [2.24, 2.45) is 11.5 Å². The molecule has 3 atom stereocenters. The Hall–Kier alpha value is -1.43. The fraction of sp³-hybridized carbons (Fsp3) is 0.562. The zero-order valence-corrected chi connectivity index (χ0v) is 12.8. The van der Waals surface area contributed by atoms with Crippen molar-refractivity contribution >= 4 is 5.91 Å². The smallest absolute Gasteiger partial charge is 0.242 e. The van der Waals surface area contributed by atoms with Crippen molar-refractivity contribution in [2.45, 2.75) is 37.5 Å². The molecule has 1 saturated heterocycles. The number of hydrogen-bond donors (Lipinski definition) is 2. The molecule has 0 spiro atoms. The lowest BCUT2D eigenvalue weighted by Crippen LogP contribution is -2.51. The highest BCUT2D eigenvalue weighted by Crippen LogP contribution is 2.24. The minimum absolute atomic E-state index is 0.215. The molecule has 0 radical (unpaired) electrons. The Labute approximate surface area is 126 Å². The minimum Gasteiger partial charge on any atom is -0.377 e. The Morgan fingerprint density at radius 1 is 1.43 bits per heavy atom. The van der Waals surface area contributed by atoms with E-state index < -0.39 is 11.4 Å². The van der Waals surface area contributed by atoms with Crippen LogP contribution >= 0.6 is 0 Å². The maximum Gasteiger partial charge on any atom is 0.242 e. The molecule has 0 aliphatic carbocycles. The van der Waals surface area contributed by atoms with E-state index in [0.29, 0.717) is 19.0 Å². The van der Waals surface area contributed by atoms with E-state index in [1.165, 1.54) is 0 Å². The SMILES string of the molecule is CC1OCCC1N(C)CCC(N)(C(N)=O)c1ccccc1. The fourth-order valence-corrected chi connectivity index (χ4v) is 2.96. The van der Waals surface area contributed by atoms with Gasteiger partial charge in [0, 0.05) is 19.2 Å². The monoisotopic (exact) mass is 291 g/mol. The molecule has 116 valence electrons. The summed E-state index contributed by atoms with van der Waals surface area (Å²) in [6, 6.07) is 9.72. The molecule has 1 aromatic rings. The van der Waals surface area contributed by atoms with Gasteiger partial charge in [0.1, 0.15) is 5.54 Å². The molecule has 1 aromatic carbocycles. The number of amides is 1. The van der Waals surface area contributed by atoms with E-state index in [9.17, 15) is 4.79 Å². The van der Waals surface area contributed by atoms with Crippen LogP contribution in [0.25, 0.3) is 0 Å². The second-order valence-corrected chi connectivity index (χ2v) is 5.86. The number of hydrogen-bond acceptors (Lipinski definition) is 4. The number of rotatable bonds is 6. The Morgan fingerprint density at radius 3 is 2.62 bits per heavy atom. The summed E-state index contributed by atoms with van der Waals surface area (Å²) in [7, 11) is 2.04. The molecular weight excluding hydrogens is 266 g/mol. The first-order valence-corrected chi connectivity index (χ1v) is 7.41. The van der Waals surface area contributed by atoms with Gasteiger partial charge in [-0.15, -0.1) is 0 Å². The first-order chi connectivity index (χ1) is 9.95. The van der Waals surface area contributed by atoms with E-state index in [2.05, 4.69) is 11.8 Å². The van der Waals surface area contributed by atoms with Crippen LogP contribution in [0, 0.1) is 0 Å². The Bertz CT molecular complexity index is 480. The van der Waals surface area contributed by atoms with Crippen LogP contribution in [0.15, 0.2) is 30.3 Å². The van der Waals surface area contributed by atoms with Crippen molar-refractivity contribution < 1.29 is 9.53 Å². The Kier molecular flexibility index (Phi) is 4.98. The Balaban J connectivity index is 2.05. The van der Waals surface area contributed by atoms with Gasteiger partial charge in [-0.2, -0.15) is 0 Å². The summed E-state index contributed by atoms with van der Waals surface area (Å²) in [6.45, 7) is 3.57. The first-order valence-electron chi connectivity index (χ1n) is 7.41. The predicted octanol–water partition coefficient (Wildman–Crippen LogP) is 0.825. The average Bonchev–Trinajstić information content (AvgIpc) is 2.91. The molecule has 1 fully saturated rings. The summed E-state index contributed by atoms with van der Waals surface area (Å²) in [5.41, 5.74) is 11.5. The highest BCUT2D eigenvalue weighted by Gasteiger charge is 2.35. The van der Waals surface area contributed by atoms with Crippen LogP contribution in [0.1, 0.15) is 25.3 Å². The largest absolute Gasteiger partial charge is 0.377 e. The third kappa shape index (κ3) is 3.43. The molecule has 21 heavy (non-hydrogen) atoms. The van der Waals surface area contributed by atoms with Gasteiger partial charge in [-0.05, 0) is 32.4 Å². The van der Waals surface area contributed by atoms with Gasteiger partial charge in [0.2, 0.25) is 5.91 Å². The summed E-state index contributed by atoms with van der Waals surface area (Å²) in [5.74, 6) is -0.488.